The van der Waals surface area contributed by atoms with Gasteiger partial charge in [-0.25, -0.2) is 4.79 Å². The third-order valence-corrected chi connectivity index (χ3v) is 1.97. The Bertz CT molecular complexity index is 353. The maximum Gasteiger partial charge on any atom is 0.407 e. The van der Waals surface area contributed by atoms with Crippen LogP contribution < -0.4 is 5.32 Å². The number of nitrogens with one attached hydrogen (secondary N) is 1. The van der Waals surface area contributed by atoms with Crippen LogP contribution in [-0.2, 0) is 11.3 Å². The monoisotopic (exact) mass is 219 g/mol. The SMILES string of the molecule is CC(C)=CCNC(=O)OCc1ccccc1. The van der Waals surface area contributed by atoms with Gasteiger partial charge >= 0.3 is 6.09 Å². The summed E-state index contributed by atoms with van der Waals surface area (Å²) < 4.78 is 5.03. The summed E-state index contributed by atoms with van der Waals surface area (Å²) in [5.74, 6) is 0. The lowest BCUT2D eigenvalue weighted by Gasteiger charge is -2.05. The number of ether oxygens (including phenoxy) is 1. The van der Waals surface area contributed by atoms with Crippen LogP contribution in [0.4, 0.5) is 4.79 Å². The molecule has 1 aromatic carbocycles. The summed E-state index contributed by atoms with van der Waals surface area (Å²) in [6, 6.07) is 9.60. The Morgan fingerprint density at radius 3 is 2.62 bits per heavy atom. The highest BCUT2D eigenvalue weighted by Gasteiger charge is 1.99. The minimum atomic E-state index is -0.388. The molecule has 3 heteroatoms. The van der Waals surface area contributed by atoms with Crippen LogP contribution in [-0.4, -0.2) is 12.6 Å². The quantitative estimate of drug-likeness (QED) is 0.791. The zero-order valence-electron chi connectivity index (χ0n) is 9.69. The standard InChI is InChI=1S/C13H17NO2/c1-11(2)8-9-14-13(15)16-10-12-6-4-3-5-7-12/h3-8H,9-10H2,1-2H3,(H,14,15). The average Bonchev–Trinajstić information content (AvgIpc) is 2.27. The third kappa shape index (κ3) is 5.20. The highest BCUT2D eigenvalue weighted by molar-refractivity contribution is 5.67. The van der Waals surface area contributed by atoms with E-state index in [0.29, 0.717) is 13.2 Å². The fourth-order valence-corrected chi connectivity index (χ4v) is 1.11. The van der Waals surface area contributed by atoms with E-state index in [-0.39, 0.29) is 6.09 Å². The van der Waals surface area contributed by atoms with E-state index >= 15 is 0 Å². The van der Waals surface area contributed by atoms with Gasteiger partial charge in [-0.1, -0.05) is 42.0 Å². The Hall–Kier alpha value is -1.77. The van der Waals surface area contributed by atoms with E-state index in [9.17, 15) is 4.79 Å². The number of amides is 1. The molecular formula is C13H17NO2. The molecule has 0 aliphatic rings. The Balaban J connectivity index is 2.23. The number of alkyl carbamates (subject to hydrolysis) is 1. The zero-order valence-corrected chi connectivity index (χ0v) is 9.69. The summed E-state index contributed by atoms with van der Waals surface area (Å²) in [5, 5.41) is 2.65. The van der Waals surface area contributed by atoms with Gasteiger partial charge in [-0.2, -0.15) is 0 Å². The molecule has 0 atom stereocenters. The maximum absolute atomic E-state index is 11.2. The first-order valence-electron chi connectivity index (χ1n) is 5.26. The predicted molar refractivity (Wildman–Crippen MR) is 64.1 cm³/mol. The van der Waals surface area contributed by atoms with Gasteiger partial charge in [-0.15, -0.1) is 0 Å². The minimum absolute atomic E-state index is 0.307. The first-order chi connectivity index (χ1) is 7.68. The Labute approximate surface area is 96.1 Å². The molecule has 1 aromatic rings. The molecule has 0 unspecified atom stereocenters. The zero-order chi connectivity index (χ0) is 11.8. The second kappa shape index (κ2) is 6.67. The Morgan fingerprint density at radius 2 is 2.00 bits per heavy atom. The van der Waals surface area contributed by atoms with Crippen LogP contribution >= 0.6 is 0 Å². The van der Waals surface area contributed by atoms with Crippen molar-refractivity contribution in [1.82, 2.24) is 5.32 Å². The Morgan fingerprint density at radius 1 is 1.31 bits per heavy atom. The molecule has 0 bridgehead atoms. The largest absolute Gasteiger partial charge is 0.445 e. The van der Waals surface area contributed by atoms with Gasteiger partial charge in [0.25, 0.3) is 0 Å². The lowest BCUT2D eigenvalue weighted by molar-refractivity contribution is 0.140. The van der Waals surface area contributed by atoms with E-state index in [0.717, 1.165) is 5.56 Å². The van der Waals surface area contributed by atoms with Gasteiger partial charge in [0.15, 0.2) is 0 Å². The number of rotatable bonds is 4. The van der Waals surface area contributed by atoms with Crippen molar-refractivity contribution in [2.75, 3.05) is 6.54 Å². The van der Waals surface area contributed by atoms with Crippen LogP contribution in [0.2, 0.25) is 0 Å². The molecule has 0 spiro atoms. The number of hydrogen-bond acceptors (Lipinski definition) is 2. The number of carbonyl (C=O) groups is 1. The molecule has 16 heavy (non-hydrogen) atoms. The molecule has 1 amide bonds. The molecule has 3 nitrogen and oxygen atoms in total. The van der Waals surface area contributed by atoms with Crippen molar-refractivity contribution in [1.29, 1.82) is 0 Å². The van der Waals surface area contributed by atoms with E-state index < -0.39 is 0 Å². The maximum atomic E-state index is 11.2. The molecule has 0 saturated carbocycles. The van der Waals surface area contributed by atoms with Crippen LogP contribution in [0.15, 0.2) is 42.0 Å². The van der Waals surface area contributed by atoms with Crippen molar-refractivity contribution in [3.8, 4) is 0 Å². The predicted octanol–water partition coefficient (Wildman–Crippen LogP) is 2.88. The van der Waals surface area contributed by atoms with Crippen molar-refractivity contribution in [2.45, 2.75) is 20.5 Å². The second-order valence-electron chi connectivity index (χ2n) is 3.72. The molecular weight excluding hydrogens is 202 g/mol. The van der Waals surface area contributed by atoms with Gasteiger partial charge in [0.05, 0.1) is 0 Å². The summed E-state index contributed by atoms with van der Waals surface area (Å²) in [4.78, 5) is 11.2. The molecule has 0 radical (unpaired) electrons. The van der Waals surface area contributed by atoms with Crippen molar-refractivity contribution in [2.24, 2.45) is 0 Å². The lowest BCUT2D eigenvalue weighted by atomic mass is 10.2. The summed E-state index contributed by atoms with van der Waals surface area (Å²) >= 11 is 0. The summed E-state index contributed by atoms with van der Waals surface area (Å²) in [6.45, 7) is 4.78. The highest BCUT2D eigenvalue weighted by atomic mass is 16.5. The van der Waals surface area contributed by atoms with Gasteiger partial charge in [-0.3, -0.25) is 0 Å². The number of allylic oxidation sites excluding steroid dienone is 1. The highest BCUT2D eigenvalue weighted by Crippen LogP contribution is 2.00. The molecule has 0 aromatic heterocycles. The average molecular weight is 219 g/mol. The number of carbonyl (C=O) groups excluding carboxylic acids is 1. The molecule has 1 N–H and O–H groups in total. The van der Waals surface area contributed by atoms with Crippen molar-refractivity contribution in [3.63, 3.8) is 0 Å². The summed E-state index contributed by atoms with van der Waals surface area (Å²) in [7, 11) is 0. The Kier molecular flexibility index (Phi) is 5.12. The van der Waals surface area contributed by atoms with Gasteiger partial charge in [0.2, 0.25) is 0 Å². The summed E-state index contributed by atoms with van der Waals surface area (Å²) in [6.07, 6.45) is 1.55. The molecule has 0 fully saturated rings. The van der Waals surface area contributed by atoms with Crippen molar-refractivity contribution >= 4 is 6.09 Å². The number of benzene rings is 1. The van der Waals surface area contributed by atoms with Crippen LogP contribution in [0, 0.1) is 0 Å². The van der Waals surface area contributed by atoms with Gasteiger partial charge in [0, 0.05) is 6.54 Å². The van der Waals surface area contributed by atoms with E-state index in [1.807, 2.05) is 50.3 Å². The van der Waals surface area contributed by atoms with Crippen LogP contribution in [0.1, 0.15) is 19.4 Å². The molecule has 86 valence electrons. The second-order valence-corrected chi connectivity index (χ2v) is 3.72. The van der Waals surface area contributed by atoms with E-state index in [1.54, 1.807) is 0 Å². The van der Waals surface area contributed by atoms with E-state index in [2.05, 4.69) is 5.32 Å². The van der Waals surface area contributed by atoms with Gasteiger partial charge in [-0.05, 0) is 19.4 Å². The van der Waals surface area contributed by atoms with Gasteiger partial charge < -0.3 is 10.1 Å². The lowest BCUT2D eigenvalue weighted by Crippen LogP contribution is -2.24. The van der Waals surface area contributed by atoms with E-state index in [4.69, 9.17) is 4.74 Å². The summed E-state index contributed by atoms with van der Waals surface area (Å²) in [5.41, 5.74) is 2.16. The number of hydrogen-bond donors (Lipinski definition) is 1. The molecule has 0 aliphatic carbocycles. The molecule has 0 saturated heterocycles. The van der Waals surface area contributed by atoms with Crippen molar-refractivity contribution in [3.05, 3.63) is 47.5 Å². The fraction of sp³-hybridized carbons (Fsp3) is 0.308. The molecule has 0 aliphatic heterocycles. The van der Waals surface area contributed by atoms with Crippen LogP contribution in [0.3, 0.4) is 0 Å². The van der Waals surface area contributed by atoms with Gasteiger partial charge in [0.1, 0.15) is 6.61 Å². The topological polar surface area (TPSA) is 38.3 Å². The van der Waals surface area contributed by atoms with E-state index in [1.165, 1.54) is 5.57 Å². The first-order valence-corrected chi connectivity index (χ1v) is 5.26. The molecule has 0 heterocycles. The minimum Gasteiger partial charge on any atom is -0.445 e. The molecule has 1 rings (SSSR count). The van der Waals surface area contributed by atoms with Crippen LogP contribution in [0.5, 0.6) is 0 Å². The van der Waals surface area contributed by atoms with Crippen molar-refractivity contribution < 1.29 is 9.53 Å². The normalized spacial score (nSPS) is 9.38. The third-order valence-electron chi connectivity index (χ3n) is 1.97. The first kappa shape index (κ1) is 12.3. The fourth-order valence-electron chi connectivity index (χ4n) is 1.11. The van der Waals surface area contributed by atoms with Crippen LogP contribution in [0.25, 0.3) is 0 Å². The smallest absolute Gasteiger partial charge is 0.407 e.